The lowest BCUT2D eigenvalue weighted by atomic mass is 9.99. The predicted molar refractivity (Wildman–Crippen MR) is 78.7 cm³/mol. The first-order valence-electron chi connectivity index (χ1n) is 6.59. The van der Waals surface area contributed by atoms with E-state index in [1.807, 2.05) is 7.05 Å². The average Bonchev–Trinajstić information content (AvgIpc) is 2.42. The molecule has 2 aromatic carbocycles. The highest BCUT2D eigenvalue weighted by atomic mass is 14.9. The summed E-state index contributed by atoms with van der Waals surface area (Å²) in [4.78, 5) is 0. The number of hydrogen-bond acceptors (Lipinski definition) is 1. The molecular formula is C17H21N. The molecule has 0 aromatic heterocycles. The highest BCUT2D eigenvalue weighted by molar-refractivity contribution is 5.64. The highest BCUT2D eigenvalue weighted by Gasteiger charge is 2.06. The fourth-order valence-electron chi connectivity index (χ4n) is 2.26. The monoisotopic (exact) mass is 239 g/mol. The Morgan fingerprint density at radius 2 is 1.39 bits per heavy atom. The average molecular weight is 239 g/mol. The molecule has 0 aliphatic heterocycles. The van der Waals surface area contributed by atoms with Gasteiger partial charge in [0.05, 0.1) is 0 Å². The Morgan fingerprint density at radius 1 is 0.889 bits per heavy atom. The van der Waals surface area contributed by atoms with Crippen molar-refractivity contribution in [1.29, 1.82) is 0 Å². The lowest BCUT2D eigenvalue weighted by Gasteiger charge is -2.14. The van der Waals surface area contributed by atoms with E-state index in [2.05, 4.69) is 67.7 Å². The fourth-order valence-corrected chi connectivity index (χ4v) is 2.26. The summed E-state index contributed by atoms with van der Waals surface area (Å²) in [5.74, 6) is 0. The molecule has 1 N–H and O–H groups in total. The zero-order valence-electron chi connectivity index (χ0n) is 11.4. The van der Waals surface area contributed by atoms with Crippen LogP contribution in [0.2, 0.25) is 0 Å². The van der Waals surface area contributed by atoms with E-state index >= 15 is 0 Å². The second-order valence-electron chi connectivity index (χ2n) is 4.74. The van der Waals surface area contributed by atoms with Crippen molar-refractivity contribution in [1.82, 2.24) is 5.32 Å². The second kappa shape index (κ2) is 5.83. The minimum absolute atomic E-state index is 0.456. The van der Waals surface area contributed by atoms with Crippen molar-refractivity contribution in [2.75, 3.05) is 7.05 Å². The normalized spacial score (nSPS) is 12.4. The smallest absolute Gasteiger partial charge is 0.0314 e. The van der Waals surface area contributed by atoms with Gasteiger partial charge in [0.25, 0.3) is 0 Å². The van der Waals surface area contributed by atoms with Gasteiger partial charge in [-0.25, -0.2) is 0 Å². The Balaban J connectivity index is 2.24. The van der Waals surface area contributed by atoms with Crippen molar-refractivity contribution in [2.45, 2.75) is 26.3 Å². The van der Waals surface area contributed by atoms with Gasteiger partial charge in [0.15, 0.2) is 0 Å². The van der Waals surface area contributed by atoms with Crippen LogP contribution in [0.3, 0.4) is 0 Å². The Labute approximate surface area is 110 Å². The first-order chi connectivity index (χ1) is 8.74. The summed E-state index contributed by atoms with van der Waals surface area (Å²) < 4.78 is 0. The van der Waals surface area contributed by atoms with Crippen LogP contribution in [-0.4, -0.2) is 7.05 Å². The number of benzene rings is 2. The molecule has 1 atom stereocenters. The number of aryl methyl sites for hydroxylation is 1. The van der Waals surface area contributed by atoms with Crippen molar-refractivity contribution >= 4 is 0 Å². The van der Waals surface area contributed by atoms with Gasteiger partial charge in [-0.3, -0.25) is 0 Å². The molecule has 0 bridgehead atoms. The van der Waals surface area contributed by atoms with Gasteiger partial charge in [0.2, 0.25) is 0 Å². The molecule has 2 aromatic rings. The molecule has 2 rings (SSSR count). The Bertz CT molecular complexity index is 478. The van der Waals surface area contributed by atoms with E-state index in [0.717, 1.165) is 6.42 Å². The molecule has 18 heavy (non-hydrogen) atoms. The Kier molecular flexibility index (Phi) is 4.16. The van der Waals surface area contributed by atoms with Crippen molar-refractivity contribution in [3.05, 3.63) is 59.7 Å². The van der Waals surface area contributed by atoms with Crippen LogP contribution < -0.4 is 5.32 Å². The number of nitrogens with one attached hydrogen (secondary N) is 1. The third-order valence-electron chi connectivity index (χ3n) is 3.45. The molecule has 0 saturated carbocycles. The van der Waals surface area contributed by atoms with E-state index in [0.29, 0.717) is 6.04 Å². The first-order valence-corrected chi connectivity index (χ1v) is 6.59. The third-order valence-corrected chi connectivity index (χ3v) is 3.45. The molecule has 1 unspecified atom stereocenters. The molecule has 1 heteroatoms. The first kappa shape index (κ1) is 12.8. The van der Waals surface area contributed by atoms with E-state index in [9.17, 15) is 0 Å². The third kappa shape index (κ3) is 2.80. The van der Waals surface area contributed by atoms with E-state index in [1.165, 1.54) is 22.3 Å². The van der Waals surface area contributed by atoms with Crippen molar-refractivity contribution in [3.63, 3.8) is 0 Å². The summed E-state index contributed by atoms with van der Waals surface area (Å²) in [6.45, 7) is 4.32. The highest BCUT2D eigenvalue weighted by Crippen LogP contribution is 2.23. The lowest BCUT2D eigenvalue weighted by molar-refractivity contribution is 0.577. The molecule has 0 amide bonds. The van der Waals surface area contributed by atoms with Crippen LogP contribution in [0.5, 0.6) is 0 Å². The molecule has 0 spiro atoms. The minimum Gasteiger partial charge on any atom is -0.313 e. The molecule has 0 saturated heterocycles. The molecule has 94 valence electrons. The molecule has 0 radical (unpaired) electrons. The maximum Gasteiger partial charge on any atom is 0.0314 e. The molecule has 0 aliphatic carbocycles. The van der Waals surface area contributed by atoms with Gasteiger partial charge in [-0.1, -0.05) is 61.0 Å². The maximum absolute atomic E-state index is 3.33. The van der Waals surface area contributed by atoms with Crippen LogP contribution in [0.4, 0.5) is 0 Å². The van der Waals surface area contributed by atoms with Crippen LogP contribution in [0.15, 0.2) is 48.5 Å². The zero-order valence-corrected chi connectivity index (χ0v) is 11.4. The summed E-state index contributed by atoms with van der Waals surface area (Å²) in [6.07, 6.45) is 1.11. The van der Waals surface area contributed by atoms with Gasteiger partial charge in [-0.15, -0.1) is 0 Å². The Morgan fingerprint density at radius 3 is 1.83 bits per heavy atom. The van der Waals surface area contributed by atoms with Gasteiger partial charge in [0, 0.05) is 6.04 Å². The van der Waals surface area contributed by atoms with Gasteiger partial charge in [-0.05, 0) is 37.1 Å². The summed E-state index contributed by atoms with van der Waals surface area (Å²) in [5, 5.41) is 3.33. The van der Waals surface area contributed by atoms with Crippen LogP contribution >= 0.6 is 0 Å². The van der Waals surface area contributed by atoms with E-state index < -0.39 is 0 Å². The predicted octanol–water partition coefficient (Wildman–Crippen LogP) is 4.33. The molecule has 0 fully saturated rings. The molecule has 0 heterocycles. The summed E-state index contributed by atoms with van der Waals surface area (Å²) in [6, 6.07) is 18.0. The van der Waals surface area contributed by atoms with Gasteiger partial charge < -0.3 is 5.32 Å². The van der Waals surface area contributed by atoms with Crippen LogP contribution in [0.1, 0.15) is 30.5 Å². The largest absolute Gasteiger partial charge is 0.313 e. The van der Waals surface area contributed by atoms with E-state index in [4.69, 9.17) is 0 Å². The van der Waals surface area contributed by atoms with E-state index in [-0.39, 0.29) is 0 Å². The molecule has 1 nitrogen and oxygen atoms in total. The van der Waals surface area contributed by atoms with Gasteiger partial charge in [0.1, 0.15) is 0 Å². The van der Waals surface area contributed by atoms with Crippen molar-refractivity contribution in [2.24, 2.45) is 0 Å². The second-order valence-corrected chi connectivity index (χ2v) is 4.74. The topological polar surface area (TPSA) is 12.0 Å². The lowest BCUT2D eigenvalue weighted by Crippen LogP contribution is -2.14. The minimum atomic E-state index is 0.456. The maximum atomic E-state index is 3.33. The molecule has 0 aliphatic rings. The van der Waals surface area contributed by atoms with Crippen LogP contribution in [-0.2, 0) is 0 Å². The standard InChI is InChI=1S/C17H21N/c1-4-17(18-3)16-11-9-15(10-12-16)14-7-5-13(2)6-8-14/h5-12,17-18H,4H2,1-3H3. The SMILES string of the molecule is CCC(NC)c1ccc(-c2ccc(C)cc2)cc1. The Hall–Kier alpha value is -1.60. The molecular weight excluding hydrogens is 218 g/mol. The van der Waals surface area contributed by atoms with Crippen LogP contribution in [0.25, 0.3) is 11.1 Å². The zero-order chi connectivity index (χ0) is 13.0. The quantitative estimate of drug-likeness (QED) is 0.837. The summed E-state index contributed by atoms with van der Waals surface area (Å²) in [5.41, 5.74) is 5.22. The number of hydrogen-bond donors (Lipinski definition) is 1. The van der Waals surface area contributed by atoms with E-state index in [1.54, 1.807) is 0 Å². The van der Waals surface area contributed by atoms with Gasteiger partial charge >= 0.3 is 0 Å². The number of rotatable bonds is 4. The van der Waals surface area contributed by atoms with Crippen molar-refractivity contribution in [3.8, 4) is 11.1 Å². The summed E-state index contributed by atoms with van der Waals surface area (Å²) >= 11 is 0. The fraction of sp³-hybridized carbons (Fsp3) is 0.294. The summed E-state index contributed by atoms with van der Waals surface area (Å²) in [7, 11) is 2.02. The van der Waals surface area contributed by atoms with Crippen LogP contribution in [0, 0.1) is 6.92 Å². The van der Waals surface area contributed by atoms with Gasteiger partial charge in [-0.2, -0.15) is 0 Å². The van der Waals surface area contributed by atoms with Crippen molar-refractivity contribution < 1.29 is 0 Å².